The van der Waals surface area contributed by atoms with Gasteiger partial charge in [0.05, 0.1) is 22.9 Å². The highest BCUT2D eigenvalue weighted by Gasteiger charge is 2.27. The normalized spacial score (nSPS) is 16.5. The molecule has 1 saturated heterocycles. The Kier molecular flexibility index (Phi) is 9.31. The van der Waals surface area contributed by atoms with Crippen LogP contribution in [0.2, 0.25) is 5.02 Å². The van der Waals surface area contributed by atoms with E-state index < -0.39 is 6.04 Å². The molecule has 1 aromatic heterocycles. The monoisotopic (exact) mass is 463 g/mol. The van der Waals surface area contributed by atoms with Gasteiger partial charge in [0.25, 0.3) is 5.91 Å². The second kappa shape index (κ2) is 12.2. The highest BCUT2D eigenvalue weighted by atomic mass is 35.5. The number of piperidine rings is 1. The van der Waals surface area contributed by atoms with Crippen LogP contribution in [0.25, 0.3) is 0 Å². The van der Waals surface area contributed by atoms with Crippen molar-refractivity contribution in [3.05, 3.63) is 59.0 Å². The van der Waals surface area contributed by atoms with Crippen molar-refractivity contribution in [2.75, 3.05) is 31.6 Å². The highest BCUT2D eigenvalue weighted by Crippen LogP contribution is 2.24. The molecular formula is C23H30ClN3O3S. The molecule has 2 atom stereocenters. The van der Waals surface area contributed by atoms with E-state index in [1.54, 1.807) is 42.3 Å². The number of thioether (sulfide) groups is 1. The van der Waals surface area contributed by atoms with Gasteiger partial charge in [-0.2, -0.15) is 11.8 Å². The standard InChI is InChI=1S/C23H30ClN3O3S/c1-31-15-11-19(26-22(28)17-8-3-4-9-18(17)24)23(29)25-16-20(21-10-7-14-30-21)27-12-5-2-6-13-27/h3-4,7-10,14,19-20H,2,5-6,11-13,15-16H2,1H3,(H,25,29)(H,26,28)/t19-,20-/m0/s1. The minimum absolute atomic E-state index is 0.0141. The maximum atomic E-state index is 13.0. The van der Waals surface area contributed by atoms with Crippen molar-refractivity contribution >= 4 is 35.2 Å². The zero-order valence-electron chi connectivity index (χ0n) is 17.8. The number of rotatable bonds is 10. The summed E-state index contributed by atoms with van der Waals surface area (Å²) in [4.78, 5) is 28.1. The van der Waals surface area contributed by atoms with Crippen molar-refractivity contribution in [1.82, 2.24) is 15.5 Å². The molecule has 0 saturated carbocycles. The van der Waals surface area contributed by atoms with E-state index in [1.165, 1.54) is 6.42 Å². The van der Waals surface area contributed by atoms with Gasteiger partial charge in [-0.3, -0.25) is 14.5 Å². The van der Waals surface area contributed by atoms with Gasteiger partial charge in [0.2, 0.25) is 5.91 Å². The first-order valence-electron chi connectivity index (χ1n) is 10.7. The summed E-state index contributed by atoms with van der Waals surface area (Å²) in [5.41, 5.74) is 0.368. The summed E-state index contributed by atoms with van der Waals surface area (Å²) in [5, 5.41) is 6.28. The fourth-order valence-corrected chi connectivity index (χ4v) is 4.52. The SMILES string of the molecule is CSCC[C@H](NC(=O)c1ccccc1Cl)C(=O)NC[C@@H](c1ccco1)N1CCCCC1. The first kappa shape index (κ1) is 23.7. The van der Waals surface area contributed by atoms with E-state index in [1.807, 2.05) is 18.4 Å². The van der Waals surface area contributed by atoms with Gasteiger partial charge < -0.3 is 15.1 Å². The van der Waals surface area contributed by atoms with Crippen LogP contribution in [0, 0.1) is 0 Å². The van der Waals surface area contributed by atoms with Crippen LogP contribution >= 0.6 is 23.4 Å². The Bertz CT molecular complexity index is 840. The number of hydrogen-bond donors (Lipinski definition) is 2. The minimum atomic E-state index is -0.630. The van der Waals surface area contributed by atoms with Crippen LogP contribution in [-0.2, 0) is 4.79 Å². The fourth-order valence-electron chi connectivity index (χ4n) is 3.83. The maximum absolute atomic E-state index is 13.0. The van der Waals surface area contributed by atoms with Gasteiger partial charge in [0, 0.05) is 6.54 Å². The second-order valence-electron chi connectivity index (χ2n) is 7.66. The van der Waals surface area contributed by atoms with E-state index in [9.17, 15) is 9.59 Å². The topological polar surface area (TPSA) is 74.6 Å². The highest BCUT2D eigenvalue weighted by molar-refractivity contribution is 7.98. The van der Waals surface area contributed by atoms with Crippen LogP contribution in [0.1, 0.15) is 47.8 Å². The van der Waals surface area contributed by atoms with Crippen molar-refractivity contribution < 1.29 is 14.0 Å². The van der Waals surface area contributed by atoms with Crippen LogP contribution < -0.4 is 10.6 Å². The van der Waals surface area contributed by atoms with E-state index in [0.29, 0.717) is 23.6 Å². The van der Waals surface area contributed by atoms with E-state index >= 15 is 0 Å². The second-order valence-corrected chi connectivity index (χ2v) is 9.05. The number of nitrogens with zero attached hydrogens (tertiary/aromatic N) is 1. The summed E-state index contributed by atoms with van der Waals surface area (Å²) in [7, 11) is 0. The molecule has 0 aliphatic carbocycles. The molecule has 168 valence electrons. The van der Waals surface area contributed by atoms with Crippen LogP contribution in [0.4, 0.5) is 0 Å². The third-order valence-electron chi connectivity index (χ3n) is 5.52. The molecule has 2 aromatic rings. The number of carbonyl (C=O) groups is 2. The first-order valence-corrected chi connectivity index (χ1v) is 12.5. The van der Waals surface area contributed by atoms with Gasteiger partial charge >= 0.3 is 0 Å². The molecule has 0 unspecified atom stereocenters. The Morgan fingerprint density at radius 1 is 1.16 bits per heavy atom. The zero-order valence-corrected chi connectivity index (χ0v) is 19.4. The number of hydrogen-bond acceptors (Lipinski definition) is 5. The third kappa shape index (κ3) is 6.76. The molecule has 0 spiro atoms. The van der Waals surface area contributed by atoms with E-state index in [2.05, 4.69) is 15.5 Å². The van der Waals surface area contributed by atoms with Crippen LogP contribution in [-0.4, -0.2) is 54.4 Å². The quantitative estimate of drug-likeness (QED) is 0.554. The number of halogens is 1. The lowest BCUT2D eigenvalue weighted by atomic mass is 10.1. The van der Waals surface area contributed by atoms with Gasteiger partial charge in [-0.1, -0.05) is 30.2 Å². The molecule has 6 nitrogen and oxygen atoms in total. The molecule has 1 aliphatic heterocycles. The predicted octanol–water partition coefficient (Wildman–Crippen LogP) is 4.13. The van der Waals surface area contributed by atoms with E-state index in [0.717, 1.165) is 37.4 Å². The molecule has 0 radical (unpaired) electrons. The van der Waals surface area contributed by atoms with Gasteiger partial charge in [0.1, 0.15) is 11.8 Å². The van der Waals surface area contributed by atoms with Crippen LogP contribution in [0.5, 0.6) is 0 Å². The number of benzene rings is 1. The third-order valence-corrected chi connectivity index (χ3v) is 6.50. The number of furan rings is 1. The van der Waals surface area contributed by atoms with Crippen molar-refractivity contribution in [1.29, 1.82) is 0 Å². The van der Waals surface area contributed by atoms with Gasteiger partial charge in [-0.25, -0.2) is 0 Å². The number of nitrogens with one attached hydrogen (secondary N) is 2. The Morgan fingerprint density at radius 3 is 2.61 bits per heavy atom. The lowest BCUT2D eigenvalue weighted by Gasteiger charge is -2.33. The lowest BCUT2D eigenvalue weighted by molar-refractivity contribution is -0.123. The molecule has 2 heterocycles. The fraction of sp³-hybridized carbons (Fsp3) is 0.478. The molecule has 2 N–H and O–H groups in total. The lowest BCUT2D eigenvalue weighted by Crippen LogP contribution is -2.49. The number of carbonyl (C=O) groups excluding carboxylic acids is 2. The van der Waals surface area contributed by atoms with Crippen molar-refractivity contribution in [2.24, 2.45) is 0 Å². The summed E-state index contributed by atoms with van der Waals surface area (Å²) in [5.74, 6) is 1.07. The largest absolute Gasteiger partial charge is 0.468 e. The number of amides is 2. The van der Waals surface area contributed by atoms with Crippen LogP contribution in [0.3, 0.4) is 0 Å². The zero-order chi connectivity index (χ0) is 22.1. The Balaban J connectivity index is 1.66. The Morgan fingerprint density at radius 2 is 1.94 bits per heavy atom. The maximum Gasteiger partial charge on any atom is 0.253 e. The van der Waals surface area contributed by atoms with Gasteiger partial charge in [0.15, 0.2) is 0 Å². The molecular weight excluding hydrogens is 434 g/mol. The first-order chi connectivity index (χ1) is 15.1. The van der Waals surface area contributed by atoms with Gasteiger partial charge in [-0.05, 0) is 68.6 Å². The molecule has 1 aromatic carbocycles. The minimum Gasteiger partial charge on any atom is -0.468 e. The molecule has 0 bridgehead atoms. The average molecular weight is 464 g/mol. The van der Waals surface area contributed by atoms with Gasteiger partial charge in [-0.15, -0.1) is 0 Å². The summed E-state index contributed by atoms with van der Waals surface area (Å²) in [6.07, 6.45) is 7.72. The molecule has 31 heavy (non-hydrogen) atoms. The number of likely N-dealkylation sites (tertiary alicyclic amines) is 1. The van der Waals surface area contributed by atoms with Crippen molar-refractivity contribution in [3.8, 4) is 0 Å². The molecule has 8 heteroatoms. The molecule has 2 amide bonds. The Labute approximate surface area is 193 Å². The molecule has 1 fully saturated rings. The average Bonchev–Trinajstić information content (AvgIpc) is 3.32. The smallest absolute Gasteiger partial charge is 0.253 e. The summed E-state index contributed by atoms with van der Waals surface area (Å²) in [6.45, 7) is 2.41. The molecule has 3 rings (SSSR count). The van der Waals surface area contributed by atoms with Crippen LogP contribution in [0.15, 0.2) is 47.1 Å². The van der Waals surface area contributed by atoms with E-state index in [-0.39, 0.29) is 17.9 Å². The van der Waals surface area contributed by atoms with Crippen molar-refractivity contribution in [2.45, 2.75) is 37.8 Å². The summed E-state index contributed by atoms with van der Waals surface area (Å²) < 4.78 is 5.66. The predicted molar refractivity (Wildman–Crippen MR) is 126 cm³/mol. The summed E-state index contributed by atoms with van der Waals surface area (Å²) in [6, 6.07) is 10.0. The molecule has 1 aliphatic rings. The summed E-state index contributed by atoms with van der Waals surface area (Å²) >= 11 is 7.79. The van der Waals surface area contributed by atoms with E-state index in [4.69, 9.17) is 16.0 Å². The Hall–Kier alpha value is -1.96. The van der Waals surface area contributed by atoms with Crippen molar-refractivity contribution in [3.63, 3.8) is 0 Å².